The van der Waals surface area contributed by atoms with Crippen LogP contribution in [0.3, 0.4) is 0 Å². The molecule has 2 N–H and O–H groups in total. The number of carbonyl (C=O) groups is 2. The summed E-state index contributed by atoms with van der Waals surface area (Å²) in [5.74, 6) is -2.79. The maximum absolute atomic E-state index is 14.8. The van der Waals surface area contributed by atoms with Crippen LogP contribution >= 0.6 is 23.2 Å². The first-order chi connectivity index (χ1) is 19.9. The minimum Gasteiger partial charge on any atom is -0.506 e. The smallest absolute Gasteiger partial charge is 0.332 e. The van der Waals surface area contributed by atoms with Gasteiger partial charge in [0.05, 0.1) is 24.8 Å². The van der Waals surface area contributed by atoms with Crippen molar-refractivity contribution in [2.45, 2.75) is 24.9 Å². The van der Waals surface area contributed by atoms with E-state index in [9.17, 15) is 24.3 Å². The van der Waals surface area contributed by atoms with E-state index in [0.29, 0.717) is 11.3 Å². The second-order valence-electron chi connectivity index (χ2n) is 10.5. The van der Waals surface area contributed by atoms with Crippen LogP contribution in [0.5, 0.6) is 23.0 Å². The number of Topliss-reactive ketones (excluding diaryl/α,β-unsaturated/α-hetero) is 2. The molecule has 42 heavy (non-hydrogen) atoms. The standard InChI is InChI=1S/C29H25Cl2N3O8/c1-11-8-14-19(24(36)29(11)25(37)20-16(40-4)10-17(41-5)22(31)23(20)42-29)18(12-6-7-15(35)13(30)9-12)21-26(32-14)33(2)28(39)34(3)27(21)38/h6-7,9-11,18,32,35H,8H2,1-5H3/t11-,18?,29+/m1/s1. The SMILES string of the molecule is COc1cc(OC)c2c(c1Cl)O[C@@]1(C(=O)C3=C(C[C@H]1C)Nc1c(c(=O)n(C)c(=O)n1C)C3c1ccc(O)c(Cl)c1)C2=O. The Balaban J connectivity index is 1.63. The number of ether oxygens (including phenoxy) is 3. The number of nitrogens with zero attached hydrogens (tertiary/aromatic N) is 2. The Labute approximate surface area is 248 Å². The minimum atomic E-state index is -2.03. The van der Waals surface area contributed by atoms with Gasteiger partial charge in [-0.3, -0.25) is 23.5 Å². The number of benzene rings is 2. The molecule has 218 valence electrons. The lowest BCUT2D eigenvalue weighted by Crippen LogP contribution is -2.58. The fraction of sp³-hybridized carbons (Fsp3) is 0.310. The highest BCUT2D eigenvalue weighted by Gasteiger charge is 2.63. The van der Waals surface area contributed by atoms with Crippen molar-refractivity contribution in [3.63, 3.8) is 0 Å². The zero-order chi connectivity index (χ0) is 30.4. The fourth-order valence-corrected chi connectivity index (χ4v) is 6.68. The second kappa shape index (κ2) is 9.40. The van der Waals surface area contributed by atoms with E-state index in [1.165, 1.54) is 57.1 Å². The molecule has 0 fully saturated rings. The van der Waals surface area contributed by atoms with Gasteiger partial charge in [-0.1, -0.05) is 36.2 Å². The Morgan fingerprint density at radius 3 is 2.36 bits per heavy atom. The summed E-state index contributed by atoms with van der Waals surface area (Å²) in [4.78, 5) is 55.6. The van der Waals surface area contributed by atoms with Gasteiger partial charge in [0.1, 0.15) is 33.7 Å². The first-order valence-electron chi connectivity index (χ1n) is 12.9. The number of phenolic OH excluding ortho intramolecular Hbond substituents is 1. The highest BCUT2D eigenvalue weighted by Crippen LogP contribution is 2.56. The maximum Gasteiger partial charge on any atom is 0.332 e. The third-order valence-corrected chi connectivity index (χ3v) is 9.04. The van der Waals surface area contributed by atoms with Gasteiger partial charge in [-0.25, -0.2) is 4.79 Å². The molecule has 1 spiro atoms. The summed E-state index contributed by atoms with van der Waals surface area (Å²) >= 11 is 12.9. The van der Waals surface area contributed by atoms with Crippen LogP contribution in [-0.2, 0) is 18.9 Å². The van der Waals surface area contributed by atoms with Gasteiger partial charge in [-0.2, -0.15) is 0 Å². The molecule has 1 aliphatic carbocycles. The van der Waals surface area contributed by atoms with Crippen molar-refractivity contribution < 1.29 is 28.9 Å². The molecule has 3 aromatic rings. The molecule has 13 heteroatoms. The van der Waals surface area contributed by atoms with Gasteiger partial charge < -0.3 is 24.6 Å². The molecule has 0 radical (unpaired) electrons. The molecule has 1 unspecified atom stereocenters. The topological polar surface area (TPSA) is 138 Å². The lowest BCUT2D eigenvalue weighted by atomic mass is 9.66. The van der Waals surface area contributed by atoms with Crippen molar-refractivity contribution in [1.29, 1.82) is 0 Å². The molecule has 0 saturated heterocycles. The minimum absolute atomic E-state index is 0.00747. The van der Waals surface area contributed by atoms with E-state index in [-0.39, 0.29) is 62.0 Å². The fourth-order valence-electron chi connectivity index (χ4n) is 6.22. The monoisotopic (exact) mass is 613 g/mol. The number of hydrogen-bond donors (Lipinski definition) is 2. The van der Waals surface area contributed by atoms with Crippen molar-refractivity contribution in [3.05, 3.63) is 83.1 Å². The third-order valence-electron chi connectivity index (χ3n) is 8.38. The van der Waals surface area contributed by atoms with Crippen LogP contribution < -0.4 is 30.8 Å². The Morgan fingerprint density at radius 1 is 1.02 bits per heavy atom. The normalized spacial score (nSPS) is 22.4. The average molecular weight is 614 g/mol. The summed E-state index contributed by atoms with van der Waals surface area (Å²) in [5.41, 5.74) is -2.22. The number of methoxy groups -OCH3 is 2. The van der Waals surface area contributed by atoms with Crippen LogP contribution in [0.1, 0.15) is 40.7 Å². The number of phenols is 1. The van der Waals surface area contributed by atoms with Crippen molar-refractivity contribution >= 4 is 40.6 Å². The van der Waals surface area contributed by atoms with E-state index in [1.807, 2.05) is 0 Å². The van der Waals surface area contributed by atoms with Crippen molar-refractivity contribution in [2.75, 3.05) is 19.5 Å². The van der Waals surface area contributed by atoms with E-state index in [0.717, 1.165) is 4.57 Å². The summed E-state index contributed by atoms with van der Waals surface area (Å²) in [6.45, 7) is 1.70. The molecule has 0 bridgehead atoms. The lowest BCUT2D eigenvalue weighted by Gasteiger charge is -2.42. The average Bonchev–Trinajstić information content (AvgIpc) is 3.29. The zero-order valence-corrected chi connectivity index (χ0v) is 24.6. The molecular formula is C29H25Cl2N3O8. The maximum atomic E-state index is 14.8. The van der Waals surface area contributed by atoms with Crippen LogP contribution in [0, 0.1) is 5.92 Å². The Morgan fingerprint density at radius 2 is 1.71 bits per heavy atom. The van der Waals surface area contributed by atoms with E-state index < -0.39 is 40.3 Å². The van der Waals surface area contributed by atoms with Crippen LogP contribution in [0.4, 0.5) is 5.82 Å². The van der Waals surface area contributed by atoms with Gasteiger partial charge >= 0.3 is 5.69 Å². The lowest BCUT2D eigenvalue weighted by molar-refractivity contribution is -0.130. The number of fused-ring (bicyclic) bond motifs is 2. The summed E-state index contributed by atoms with van der Waals surface area (Å²) in [7, 11) is 5.62. The first kappa shape index (κ1) is 27.9. The summed E-state index contributed by atoms with van der Waals surface area (Å²) in [6.07, 6.45) is 0.142. The van der Waals surface area contributed by atoms with E-state index in [1.54, 1.807) is 6.92 Å². The quantitative estimate of drug-likeness (QED) is 0.425. The predicted molar refractivity (Wildman–Crippen MR) is 154 cm³/mol. The number of allylic oxidation sites excluding steroid dienone is 1. The van der Waals surface area contributed by atoms with Crippen LogP contribution in [0.2, 0.25) is 10.0 Å². The van der Waals surface area contributed by atoms with E-state index >= 15 is 0 Å². The number of ketones is 2. The van der Waals surface area contributed by atoms with Gasteiger partial charge in [-0.05, 0) is 24.1 Å². The predicted octanol–water partition coefficient (Wildman–Crippen LogP) is 3.55. The zero-order valence-electron chi connectivity index (χ0n) is 23.1. The number of anilines is 1. The molecule has 6 rings (SSSR count). The number of rotatable bonds is 3. The van der Waals surface area contributed by atoms with Gasteiger partial charge in [0.2, 0.25) is 17.2 Å². The molecule has 0 amide bonds. The molecule has 3 atom stereocenters. The Kier molecular flexibility index (Phi) is 6.25. The van der Waals surface area contributed by atoms with Crippen LogP contribution in [-0.4, -0.2) is 45.6 Å². The van der Waals surface area contributed by atoms with Gasteiger partial charge in [0, 0.05) is 43.3 Å². The number of aromatic hydroxyl groups is 1. The van der Waals surface area contributed by atoms with Gasteiger partial charge in [-0.15, -0.1) is 0 Å². The molecule has 11 nitrogen and oxygen atoms in total. The summed E-state index contributed by atoms with van der Waals surface area (Å²) in [6, 6.07) is 5.78. The largest absolute Gasteiger partial charge is 0.506 e. The van der Waals surface area contributed by atoms with E-state index in [4.69, 9.17) is 37.4 Å². The van der Waals surface area contributed by atoms with Gasteiger partial charge in [0.25, 0.3) is 5.56 Å². The summed E-state index contributed by atoms with van der Waals surface area (Å²) in [5, 5.41) is 13.3. The molecule has 1 aromatic heterocycles. The van der Waals surface area contributed by atoms with Gasteiger partial charge in [0.15, 0.2) is 5.75 Å². The van der Waals surface area contributed by atoms with Crippen molar-refractivity contribution in [1.82, 2.24) is 9.13 Å². The van der Waals surface area contributed by atoms with Crippen LogP contribution in [0.25, 0.3) is 0 Å². The number of hydrogen-bond acceptors (Lipinski definition) is 9. The Bertz CT molecular complexity index is 1910. The highest BCUT2D eigenvalue weighted by molar-refractivity contribution is 6.36. The van der Waals surface area contributed by atoms with Crippen LogP contribution in [0.15, 0.2) is 45.1 Å². The molecule has 3 heterocycles. The molecular weight excluding hydrogens is 589 g/mol. The number of carbonyl (C=O) groups excluding carboxylic acids is 2. The molecule has 2 aliphatic heterocycles. The first-order valence-corrected chi connectivity index (χ1v) is 13.7. The van der Waals surface area contributed by atoms with Crippen molar-refractivity contribution in [2.24, 2.45) is 20.0 Å². The summed E-state index contributed by atoms with van der Waals surface area (Å²) < 4.78 is 19.3. The number of aromatic nitrogens is 2. The molecule has 3 aliphatic rings. The van der Waals surface area contributed by atoms with E-state index in [2.05, 4.69) is 5.32 Å². The Hall–Kier alpha value is -4.22. The second-order valence-corrected chi connectivity index (χ2v) is 11.3. The van der Waals surface area contributed by atoms with Crippen molar-refractivity contribution in [3.8, 4) is 23.0 Å². The third kappa shape index (κ3) is 3.46. The highest BCUT2D eigenvalue weighted by atomic mass is 35.5. The number of halogens is 2. The molecule has 0 saturated carbocycles. The molecule has 2 aromatic carbocycles. The number of nitrogens with one attached hydrogen (secondary N) is 1.